The van der Waals surface area contributed by atoms with Gasteiger partial charge >= 0.3 is 0 Å². The molecule has 0 spiro atoms. The fraction of sp³-hybridized carbons (Fsp3) is 0.579. The fourth-order valence-electron chi connectivity index (χ4n) is 3.39. The van der Waals surface area contributed by atoms with Crippen LogP contribution in [0, 0.1) is 0 Å². The maximum atomic E-state index is 12.3. The molecule has 0 radical (unpaired) electrons. The van der Waals surface area contributed by atoms with Crippen LogP contribution in [0.15, 0.2) is 18.2 Å². The first-order valence-corrected chi connectivity index (χ1v) is 9.86. The molecule has 1 heterocycles. The number of likely N-dealkylation sites (N-methyl/N-ethyl adjacent to an activating group) is 1. The number of carbonyl (C=O) groups is 2. The summed E-state index contributed by atoms with van der Waals surface area (Å²) < 4.78 is 5.22. The molecule has 4 N–H and O–H groups in total. The summed E-state index contributed by atoms with van der Waals surface area (Å²) in [5, 5.41) is 6.41. The number of ether oxygens (including phenoxy) is 1. The summed E-state index contributed by atoms with van der Waals surface area (Å²) in [6.07, 6.45) is 2.03. The van der Waals surface area contributed by atoms with E-state index in [-0.39, 0.29) is 30.9 Å². The second kappa shape index (κ2) is 10.5. The van der Waals surface area contributed by atoms with E-state index in [0.29, 0.717) is 16.5 Å². The quantitative estimate of drug-likeness (QED) is 0.453. The summed E-state index contributed by atoms with van der Waals surface area (Å²) in [5.74, 6) is 0.343. The Morgan fingerprint density at radius 2 is 1.93 bits per heavy atom. The molecule has 7 nitrogen and oxygen atoms in total. The van der Waals surface area contributed by atoms with Gasteiger partial charge in [0.2, 0.25) is 0 Å². The minimum atomic E-state index is -0.194. The summed E-state index contributed by atoms with van der Waals surface area (Å²) in [6.45, 7) is 5.99. The molecule has 2 amide bonds. The lowest BCUT2D eigenvalue weighted by Gasteiger charge is -2.29. The third kappa shape index (κ3) is 7.01. The molecule has 0 aliphatic carbocycles. The maximum Gasteiger partial charge on any atom is 0.279 e. The van der Waals surface area contributed by atoms with Crippen molar-refractivity contribution in [1.82, 2.24) is 5.32 Å². The molecule has 27 heavy (non-hydrogen) atoms. The molecule has 1 aliphatic rings. The summed E-state index contributed by atoms with van der Waals surface area (Å²) in [7, 11) is 3.37. The molecule has 1 aromatic rings. The average Bonchev–Trinajstić information content (AvgIpc) is 2.62. The molecule has 1 aromatic carbocycles. The zero-order valence-corrected chi connectivity index (χ0v) is 17.1. The zero-order valence-electron chi connectivity index (χ0n) is 16.4. The van der Waals surface area contributed by atoms with E-state index >= 15 is 0 Å². The Hall–Kier alpha value is -1.83. The highest BCUT2D eigenvalue weighted by molar-refractivity contribution is 6.31. The standard InChI is InChI=1S/C19H29ClN4O3/c1-4-24-9-7-15(8-10-24)21-18(25)12-23(2)13-19(26)22-16-11-14(20)5-6-17(16)27-3/h5-6,11,15H,4,7-10,12-13H2,1-3H3,(H,21,25)(H,22,26)/p+2. The predicted molar refractivity (Wildman–Crippen MR) is 106 cm³/mol. The lowest BCUT2D eigenvalue weighted by molar-refractivity contribution is -0.903. The van der Waals surface area contributed by atoms with Gasteiger partial charge in [0.05, 0.1) is 39.5 Å². The van der Waals surface area contributed by atoms with E-state index in [1.54, 1.807) is 23.1 Å². The second-order valence-corrected chi connectivity index (χ2v) is 7.59. The van der Waals surface area contributed by atoms with Crippen LogP contribution in [0.1, 0.15) is 19.8 Å². The van der Waals surface area contributed by atoms with Gasteiger partial charge in [-0.05, 0) is 25.1 Å². The molecule has 150 valence electrons. The Morgan fingerprint density at radius 1 is 1.26 bits per heavy atom. The molecule has 2 rings (SSSR count). The molecular weight excluding hydrogens is 368 g/mol. The molecule has 1 saturated heterocycles. The minimum absolute atomic E-state index is 0.00872. The number of likely N-dealkylation sites (tertiary alicyclic amines) is 1. The van der Waals surface area contributed by atoms with E-state index < -0.39 is 0 Å². The lowest BCUT2D eigenvalue weighted by Crippen LogP contribution is -3.13. The van der Waals surface area contributed by atoms with Gasteiger partial charge in [-0.2, -0.15) is 0 Å². The smallest absolute Gasteiger partial charge is 0.279 e. The summed E-state index contributed by atoms with van der Waals surface area (Å²) in [5.41, 5.74) is 0.525. The molecule has 0 saturated carbocycles. The van der Waals surface area contributed by atoms with Crippen LogP contribution in [0.4, 0.5) is 5.69 Å². The summed E-state index contributed by atoms with van der Waals surface area (Å²) in [4.78, 5) is 26.9. The largest absolute Gasteiger partial charge is 0.495 e. The molecule has 8 heteroatoms. The van der Waals surface area contributed by atoms with Crippen LogP contribution >= 0.6 is 11.6 Å². The van der Waals surface area contributed by atoms with Crippen LogP contribution in [-0.4, -0.2) is 64.7 Å². The normalized spacial score (nSPS) is 20.6. The fourth-order valence-corrected chi connectivity index (χ4v) is 3.56. The van der Waals surface area contributed by atoms with Crippen molar-refractivity contribution in [3.8, 4) is 5.75 Å². The van der Waals surface area contributed by atoms with Crippen molar-refractivity contribution in [1.29, 1.82) is 0 Å². The number of halogens is 1. The van der Waals surface area contributed by atoms with Crippen molar-refractivity contribution >= 4 is 29.1 Å². The van der Waals surface area contributed by atoms with Crippen molar-refractivity contribution < 1.29 is 24.1 Å². The first kappa shape index (κ1) is 21.5. The third-order valence-corrected chi connectivity index (χ3v) is 5.15. The Labute approximate surface area is 166 Å². The molecule has 1 fully saturated rings. The van der Waals surface area contributed by atoms with Gasteiger partial charge in [-0.1, -0.05) is 11.6 Å². The van der Waals surface area contributed by atoms with Crippen LogP contribution in [0.2, 0.25) is 5.02 Å². The number of nitrogens with one attached hydrogen (secondary N) is 4. The minimum Gasteiger partial charge on any atom is -0.495 e. The van der Waals surface area contributed by atoms with Crippen molar-refractivity contribution in [2.45, 2.75) is 25.8 Å². The molecule has 1 aliphatic heterocycles. The molecule has 0 bridgehead atoms. The number of amides is 2. The van der Waals surface area contributed by atoms with Gasteiger partial charge in [-0.25, -0.2) is 0 Å². The highest BCUT2D eigenvalue weighted by Gasteiger charge is 2.23. The van der Waals surface area contributed by atoms with Crippen LogP contribution in [0.3, 0.4) is 0 Å². The first-order valence-electron chi connectivity index (χ1n) is 9.48. The number of piperidine rings is 1. The number of hydrogen-bond donors (Lipinski definition) is 4. The Kier molecular flexibility index (Phi) is 8.34. The van der Waals surface area contributed by atoms with Gasteiger partial charge < -0.3 is 25.2 Å². The van der Waals surface area contributed by atoms with Gasteiger partial charge in [0.25, 0.3) is 11.8 Å². The molecule has 0 aromatic heterocycles. The highest BCUT2D eigenvalue weighted by atomic mass is 35.5. The average molecular weight is 399 g/mol. The highest BCUT2D eigenvalue weighted by Crippen LogP contribution is 2.27. The van der Waals surface area contributed by atoms with Gasteiger partial charge in [-0.15, -0.1) is 0 Å². The molecular formula is C19H31ClN4O3+2. The van der Waals surface area contributed by atoms with Crippen molar-refractivity contribution in [3.05, 3.63) is 23.2 Å². The molecule has 1 unspecified atom stereocenters. The summed E-state index contributed by atoms with van der Waals surface area (Å²) >= 11 is 5.98. The number of carbonyl (C=O) groups excluding carboxylic acids is 2. The van der Waals surface area contributed by atoms with Crippen molar-refractivity contribution in [2.24, 2.45) is 0 Å². The first-order chi connectivity index (χ1) is 12.9. The number of anilines is 1. The van der Waals surface area contributed by atoms with E-state index in [1.165, 1.54) is 7.11 Å². The number of rotatable bonds is 8. The van der Waals surface area contributed by atoms with E-state index in [9.17, 15) is 9.59 Å². The number of benzene rings is 1. The topological polar surface area (TPSA) is 76.3 Å². The molecule has 1 atom stereocenters. The predicted octanol–water partition coefficient (Wildman–Crippen LogP) is -1.01. The van der Waals surface area contributed by atoms with E-state index in [1.807, 2.05) is 7.05 Å². The van der Waals surface area contributed by atoms with Crippen molar-refractivity contribution in [3.63, 3.8) is 0 Å². The van der Waals surface area contributed by atoms with Gasteiger partial charge in [0.1, 0.15) is 5.75 Å². The SMILES string of the molecule is CC[NH+]1CCC(NC(=O)C[NH+](C)CC(=O)Nc2cc(Cl)ccc2OC)CC1. The third-order valence-electron chi connectivity index (χ3n) is 4.92. The number of hydrogen-bond acceptors (Lipinski definition) is 3. The maximum absolute atomic E-state index is 12.3. The summed E-state index contributed by atoms with van der Waals surface area (Å²) in [6, 6.07) is 5.30. The van der Waals surface area contributed by atoms with E-state index in [2.05, 4.69) is 17.6 Å². The zero-order chi connectivity index (χ0) is 19.8. The second-order valence-electron chi connectivity index (χ2n) is 7.15. The van der Waals surface area contributed by atoms with Gasteiger partial charge in [0, 0.05) is 23.9 Å². The number of quaternary nitrogens is 2. The van der Waals surface area contributed by atoms with Crippen LogP contribution < -0.4 is 25.2 Å². The Bertz CT molecular complexity index is 648. The van der Waals surface area contributed by atoms with Crippen molar-refractivity contribution in [2.75, 3.05) is 52.2 Å². The van der Waals surface area contributed by atoms with Gasteiger partial charge in [-0.3, -0.25) is 9.59 Å². The van der Waals surface area contributed by atoms with E-state index in [0.717, 1.165) is 37.4 Å². The van der Waals surface area contributed by atoms with Gasteiger partial charge in [0.15, 0.2) is 13.1 Å². The van der Waals surface area contributed by atoms with Crippen LogP contribution in [0.5, 0.6) is 5.75 Å². The number of methoxy groups -OCH3 is 1. The monoisotopic (exact) mass is 398 g/mol. The van der Waals surface area contributed by atoms with Crippen LogP contribution in [-0.2, 0) is 9.59 Å². The lowest BCUT2D eigenvalue weighted by atomic mass is 10.1. The van der Waals surface area contributed by atoms with Crippen LogP contribution in [0.25, 0.3) is 0 Å². The van der Waals surface area contributed by atoms with E-state index in [4.69, 9.17) is 16.3 Å². The Morgan fingerprint density at radius 3 is 2.56 bits per heavy atom. The Balaban J connectivity index is 1.76.